The van der Waals surface area contributed by atoms with E-state index in [4.69, 9.17) is 16.6 Å². The molecule has 3 rings (SSSR count). The third-order valence-electron chi connectivity index (χ3n) is 3.09. The molecule has 0 N–H and O–H groups in total. The summed E-state index contributed by atoms with van der Waals surface area (Å²) in [5.74, 6) is 0. The van der Waals surface area contributed by atoms with Crippen LogP contribution in [0.1, 0.15) is 18.9 Å². The summed E-state index contributed by atoms with van der Waals surface area (Å²) < 4.78 is 1.75. The van der Waals surface area contributed by atoms with Crippen molar-refractivity contribution in [3.8, 4) is 11.3 Å². The van der Waals surface area contributed by atoms with Gasteiger partial charge in [-0.2, -0.15) is 5.10 Å². The van der Waals surface area contributed by atoms with Crippen LogP contribution < -0.4 is 0 Å². The molecule has 19 heavy (non-hydrogen) atoms. The second kappa shape index (κ2) is 5.02. The molecule has 3 nitrogen and oxygen atoms in total. The monoisotopic (exact) mass is 271 g/mol. The van der Waals surface area contributed by atoms with E-state index in [9.17, 15) is 0 Å². The first-order chi connectivity index (χ1) is 9.29. The highest BCUT2D eigenvalue weighted by molar-refractivity contribution is 6.33. The fourth-order valence-electron chi connectivity index (χ4n) is 2.22. The quantitative estimate of drug-likeness (QED) is 0.721. The first-order valence-corrected chi connectivity index (χ1v) is 6.75. The molecule has 0 bridgehead atoms. The van der Waals surface area contributed by atoms with Crippen LogP contribution in [0.25, 0.3) is 16.9 Å². The Labute approximate surface area is 116 Å². The highest BCUT2D eigenvalue weighted by Crippen LogP contribution is 2.25. The van der Waals surface area contributed by atoms with Crippen LogP contribution in [0.4, 0.5) is 0 Å². The van der Waals surface area contributed by atoms with Crippen molar-refractivity contribution in [3.05, 3.63) is 53.3 Å². The van der Waals surface area contributed by atoms with E-state index in [1.165, 1.54) is 5.56 Å². The minimum atomic E-state index is 0.584. The van der Waals surface area contributed by atoms with Crippen LogP contribution in [0.15, 0.2) is 42.7 Å². The number of nitrogens with zero attached hydrogens (tertiary/aromatic N) is 3. The summed E-state index contributed by atoms with van der Waals surface area (Å²) in [7, 11) is 0. The highest BCUT2D eigenvalue weighted by atomic mass is 35.5. The van der Waals surface area contributed by atoms with Gasteiger partial charge < -0.3 is 0 Å². The summed E-state index contributed by atoms with van der Waals surface area (Å²) in [5, 5.41) is 4.80. The van der Waals surface area contributed by atoms with Gasteiger partial charge in [-0.15, -0.1) is 0 Å². The van der Waals surface area contributed by atoms with Crippen LogP contribution in [0.5, 0.6) is 0 Å². The van der Waals surface area contributed by atoms with Gasteiger partial charge in [-0.1, -0.05) is 55.3 Å². The van der Waals surface area contributed by atoms with Crippen LogP contribution >= 0.6 is 11.6 Å². The number of hydrogen-bond donors (Lipinski definition) is 0. The van der Waals surface area contributed by atoms with Crippen LogP contribution in [-0.4, -0.2) is 14.6 Å². The SMILES string of the molecule is CCCc1cn2ncc(Cl)c2nc1-c1ccccc1. The standard InChI is InChI=1S/C15H14ClN3/c1-2-6-12-10-19-15(13(16)9-17-19)18-14(12)11-7-4-3-5-8-11/h3-5,7-10H,2,6H2,1H3. The molecule has 0 radical (unpaired) electrons. The Morgan fingerprint density at radius 2 is 2.00 bits per heavy atom. The molecule has 0 aliphatic heterocycles. The van der Waals surface area contributed by atoms with Crippen molar-refractivity contribution in [2.45, 2.75) is 19.8 Å². The third-order valence-corrected chi connectivity index (χ3v) is 3.36. The largest absolute Gasteiger partial charge is 0.227 e. The van der Waals surface area contributed by atoms with Gasteiger partial charge in [-0.25, -0.2) is 9.50 Å². The van der Waals surface area contributed by atoms with E-state index in [2.05, 4.69) is 24.2 Å². The molecule has 0 unspecified atom stereocenters. The number of fused-ring (bicyclic) bond motifs is 1. The molecular formula is C15H14ClN3. The number of hydrogen-bond acceptors (Lipinski definition) is 2. The third kappa shape index (κ3) is 2.22. The Bertz CT molecular complexity index is 704. The van der Waals surface area contributed by atoms with Crippen molar-refractivity contribution in [3.63, 3.8) is 0 Å². The molecule has 1 aromatic carbocycles. The van der Waals surface area contributed by atoms with Gasteiger partial charge in [-0.05, 0) is 12.0 Å². The Morgan fingerprint density at radius 1 is 1.21 bits per heavy atom. The molecule has 0 saturated carbocycles. The molecule has 0 saturated heterocycles. The lowest BCUT2D eigenvalue weighted by atomic mass is 10.0. The van der Waals surface area contributed by atoms with E-state index >= 15 is 0 Å². The van der Waals surface area contributed by atoms with E-state index in [1.807, 2.05) is 24.4 Å². The molecule has 2 aromatic heterocycles. The average Bonchev–Trinajstić information content (AvgIpc) is 2.80. The van der Waals surface area contributed by atoms with Gasteiger partial charge in [-0.3, -0.25) is 0 Å². The number of aromatic nitrogens is 3. The minimum Gasteiger partial charge on any atom is -0.227 e. The minimum absolute atomic E-state index is 0.584. The summed E-state index contributed by atoms with van der Waals surface area (Å²) in [5.41, 5.74) is 4.02. The summed E-state index contributed by atoms with van der Waals surface area (Å²) in [6, 6.07) is 10.2. The number of benzene rings is 1. The molecule has 0 amide bonds. The molecule has 0 aliphatic carbocycles. The van der Waals surface area contributed by atoms with E-state index in [1.54, 1.807) is 10.7 Å². The Hall–Kier alpha value is -1.87. The fourth-order valence-corrected chi connectivity index (χ4v) is 2.39. The van der Waals surface area contributed by atoms with Gasteiger partial charge in [0.2, 0.25) is 0 Å². The zero-order valence-corrected chi connectivity index (χ0v) is 11.4. The molecule has 96 valence electrons. The van der Waals surface area contributed by atoms with Gasteiger partial charge in [0.1, 0.15) is 5.02 Å². The van der Waals surface area contributed by atoms with Crippen molar-refractivity contribution < 1.29 is 0 Å². The average molecular weight is 272 g/mol. The normalized spacial score (nSPS) is 11.1. The highest BCUT2D eigenvalue weighted by Gasteiger charge is 2.11. The second-order valence-electron chi connectivity index (χ2n) is 4.49. The summed E-state index contributed by atoms with van der Waals surface area (Å²) in [6.07, 6.45) is 5.71. The number of aryl methyl sites for hydroxylation is 1. The smallest absolute Gasteiger partial charge is 0.174 e. The van der Waals surface area contributed by atoms with Crippen LogP contribution in [0, 0.1) is 0 Å². The zero-order valence-electron chi connectivity index (χ0n) is 10.7. The van der Waals surface area contributed by atoms with Crippen LogP contribution in [-0.2, 0) is 6.42 Å². The molecule has 4 heteroatoms. The maximum absolute atomic E-state index is 6.12. The number of halogens is 1. The summed E-state index contributed by atoms with van der Waals surface area (Å²) in [4.78, 5) is 4.69. The lowest BCUT2D eigenvalue weighted by Gasteiger charge is -2.09. The van der Waals surface area contributed by atoms with Gasteiger partial charge in [0.25, 0.3) is 0 Å². The van der Waals surface area contributed by atoms with Gasteiger partial charge >= 0.3 is 0 Å². The zero-order chi connectivity index (χ0) is 13.2. The number of rotatable bonds is 3. The van der Waals surface area contributed by atoms with Gasteiger partial charge in [0, 0.05) is 11.8 Å². The first-order valence-electron chi connectivity index (χ1n) is 6.37. The van der Waals surface area contributed by atoms with E-state index in [0.717, 1.165) is 24.1 Å². The lowest BCUT2D eigenvalue weighted by molar-refractivity contribution is 0.867. The molecular weight excluding hydrogens is 258 g/mol. The fraction of sp³-hybridized carbons (Fsp3) is 0.200. The van der Waals surface area contributed by atoms with Crippen molar-refractivity contribution in [1.82, 2.24) is 14.6 Å². The van der Waals surface area contributed by atoms with E-state index in [-0.39, 0.29) is 0 Å². The van der Waals surface area contributed by atoms with Crippen molar-refractivity contribution in [1.29, 1.82) is 0 Å². The Morgan fingerprint density at radius 3 is 2.74 bits per heavy atom. The molecule has 0 atom stereocenters. The van der Waals surface area contributed by atoms with Crippen LogP contribution in [0.3, 0.4) is 0 Å². The van der Waals surface area contributed by atoms with Gasteiger partial charge in [0.15, 0.2) is 5.65 Å². The van der Waals surface area contributed by atoms with Crippen LogP contribution in [0.2, 0.25) is 5.02 Å². The molecule has 3 aromatic rings. The molecule has 0 aliphatic rings. The predicted octanol–water partition coefficient (Wildman–Crippen LogP) is 4.00. The maximum atomic E-state index is 6.12. The first kappa shape index (κ1) is 12.2. The summed E-state index contributed by atoms with van der Waals surface area (Å²) >= 11 is 6.12. The molecule has 0 spiro atoms. The molecule has 0 fully saturated rings. The topological polar surface area (TPSA) is 30.2 Å². The predicted molar refractivity (Wildman–Crippen MR) is 77.4 cm³/mol. The molecule has 2 heterocycles. The Kier molecular flexibility index (Phi) is 3.22. The van der Waals surface area contributed by atoms with Crippen molar-refractivity contribution in [2.24, 2.45) is 0 Å². The van der Waals surface area contributed by atoms with E-state index < -0.39 is 0 Å². The Balaban J connectivity index is 2.25. The summed E-state index contributed by atoms with van der Waals surface area (Å²) in [6.45, 7) is 2.16. The van der Waals surface area contributed by atoms with Crippen molar-refractivity contribution in [2.75, 3.05) is 0 Å². The van der Waals surface area contributed by atoms with Crippen molar-refractivity contribution >= 4 is 17.2 Å². The van der Waals surface area contributed by atoms with E-state index in [0.29, 0.717) is 10.7 Å². The lowest BCUT2D eigenvalue weighted by Crippen LogP contribution is -1.99. The van der Waals surface area contributed by atoms with Gasteiger partial charge in [0.05, 0.1) is 11.9 Å². The maximum Gasteiger partial charge on any atom is 0.174 e. The second-order valence-corrected chi connectivity index (χ2v) is 4.90.